The number of carbonyl (C=O) groups is 1. The fraction of sp³-hybridized carbons (Fsp3) is 0.500. The highest BCUT2D eigenvalue weighted by molar-refractivity contribution is 5.76. The molecular formula is C6H10N2O. The van der Waals surface area contributed by atoms with Crippen LogP contribution in [0, 0.1) is 0 Å². The molecule has 50 valence electrons. The predicted molar refractivity (Wildman–Crippen MR) is 34.9 cm³/mol. The molecule has 0 aromatic rings. The van der Waals surface area contributed by atoms with Gasteiger partial charge in [-0.3, -0.25) is 0 Å². The van der Waals surface area contributed by atoms with Crippen molar-refractivity contribution in [2.75, 3.05) is 13.6 Å². The summed E-state index contributed by atoms with van der Waals surface area (Å²) in [4.78, 5) is 12.3. The summed E-state index contributed by atoms with van der Waals surface area (Å²) < 4.78 is 0. The van der Waals surface area contributed by atoms with Crippen molar-refractivity contribution in [3.05, 3.63) is 11.8 Å². The summed E-state index contributed by atoms with van der Waals surface area (Å²) in [6, 6.07) is -0.0272. The van der Waals surface area contributed by atoms with Crippen molar-refractivity contribution >= 4 is 6.03 Å². The van der Waals surface area contributed by atoms with Crippen LogP contribution < -0.4 is 5.32 Å². The van der Waals surface area contributed by atoms with Crippen molar-refractivity contribution < 1.29 is 4.79 Å². The standard InChI is InChI=1S/C6H10N2O/c1-5-3-7-6(9)8(2)4-5/h4H,3H2,1-2H3,(H,7,9). The van der Waals surface area contributed by atoms with Crippen LogP contribution in [0.2, 0.25) is 0 Å². The molecule has 0 aliphatic carbocycles. The molecule has 3 heteroatoms. The molecule has 9 heavy (non-hydrogen) atoms. The van der Waals surface area contributed by atoms with Gasteiger partial charge in [-0.1, -0.05) is 0 Å². The van der Waals surface area contributed by atoms with E-state index >= 15 is 0 Å². The van der Waals surface area contributed by atoms with Gasteiger partial charge >= 0.3 is 6.03 Å². The third-order valence-electron chi connectivity index (χ3n) is 1.25. The lowest BCUT2D eigenvalue weighted by Crippen LogP contribution is -2.39. The van der Waals surface area contributed by atoms with Crippen LogP contribution >= 0.6 is 0 Å². The molecule has 0 unspecified atom stereocenters. The molecule has 0 spiro atoms. The summed E-state index contributed by atoms with van der Waals surface area (Å²) in [5.74, 6) is 0. The van der Waals surface area contributed by atoms with Crippen LogP contribution in [0.25, 0.3) is 0 Å². The largest absolute Gasteiger partial charge is 0.334 e. The Morgan fingerprint density at radius 3 is 2.89 bits per heavy atom. The minimum absolute atomic E-state index is 0.0272. The van der Waals surface area contributed by atoms with Gasteiger partial charge in [0.25, 0.3) is 0 Å². The summed E-state index contributed by atoms with van der Waals surface area (Å²) in [6.45, 7) is 2.67. The molecule has 3 nitrogen and oxygen atoms in total. The molecule has 1 rings (SSSR count). The smallest absolute Gasteiger partial charge is 0.321 e. The van der Waals surface area contributed by atoms with E-state index in [4.69, 9.17) is 0 Å². The van der Waals surface area contributed by atoms with E-state index in [1.54, 1.807) is 11.9 Å². The second kappa shape index (κ2) is 2.09. The number of carbonyl (C=O) groups excluding carboxylic acids is 1. The molecule has 0 aromatic carbocycles. The normalized spacial score (nSPS) is 19.1. The number of urea groups is 1. The highest BCUT2D eigenvalue weighted by Gasteiger charge is 2.09. The first-order valence-electron chi connectivity index (χ1n) is 2.88. The van der Waals surface area contributed by atoms with Crippen LogP contribution in [0.15, 0.2) is 11.8 Å². The summed E-state index contributed by atoms with van der Waals surface area (Å²) in [7, 11) is 1.73. The lowest BCUT2D eigenvalue weighted by molar-refractivity contribution is 0.220. The van der Waals surface area contributed by atoms with Gasteiger partial charge in [0, 0.05) is 19.8 Å². The Balaban J connectivity index is 2.69. The second-order valence-corrected chi connectivity index (χ2v) is 2.25. The van der Waals surface area contributed by atoms with Crippen LogP contribution in [-0.2, 0) is 0 Å². The Bertz CT molecular complexity index is 162. The van der Waals surface area contributed by atoms with Crippen molar-refractivity contribution in [1.82, 2.24) is 10.2 Å². The fourth-order valence-corrected chi connectivity index (χ4v) is 0.775. The van der Waals surface area contributed by atoms with Gasteiger partial charge < -0.3 is 10.2 Å². The van der Waals surface area contributed by atoms with Gasteiger partial charge in [0.05, 0.1) is 0 Å². The first kappa shape index (κ1) is 6.13. The number of rotatable bonds is 0. The van der Waals surface area contributed by atoms with Crippen LogP contribution in [-0.4, -0.2) is 24.5 Å². The lowest BCUT2D eigenvalue weighted by Gasteiger charge is -2.19. The van der Waals surface area contributed by atoms with E-state index in [-0.39, 0.29) is 6.03 Å². The average molecular weight is 126 g/mol. The third kappa shape index (κ3) is 1.22. The molecule has 1 aliphatic rings. The van der Waals surface area contributed by atoms with E-state index in [9.17, 15) is 4.79 Å². The Kier molecular flexibility index (Phi) is 1.42. The third-order valence-corrected chi connectivity index (χ3v) is 1.25. The minimum atomic E-state index is -0.0272. The Hall–Kier alpha value is -0.990. The first-order chi connectivity index (χ1) is 4.20. The maximum atomic E-state index is 10.7. The molecule has 0 bridgehead atoms. The zero-order valence-corrected chi connectivity index (χ0v) is 5.64. The van der Waals surface area contributed by atoms with Gasteiger partial charge in [-0.25, -0.2) is 4.79 Å². The van der Waals surface area contributed by atoms with Crippen LogP contribution in [0.1, 0.15) is 6.92 Å². The van der Waals surface area contributed by atoms with Crippen molar-refractivity contribution in [2.45, 2.75) is 6.92 Å². The number of hydrogen-bond acceptors (Lipinski definition) is 1. The number of hydrogen-bond donors (Lipinski definition) is 1. The zero-order chi connectivity index (χ0) is 6.85. The zero-order valence-electron chi connectivity index (χ0n) is 5.64. The average Bonchev–Trinajstić information content (AvgIpc) is 1.80. The number of amides is 2. The van der Waals surface area contributed by atoms with Gasteiger partial charge in [-0.05, 0) is 12.5 Å². The topological polar surface area (TPSA) is 32.3 Å². The highest BCUT2D eigenvalue weighted by Crippen LogP contribution is 1.99. The van der Waals surface area contributed by atoms with Crippen molar-refractivity contribution in [3.63, 3.8) is 0 Å². The summed E-state index contributed by atoms with van der Waals surface area (Å²) in [5, 5.41) is 2.70. The van der Waals surface area contributed by atoms with E-state index in [1.165, 1.54) is 5.57 Å². The van der Waals surface area contributed by atoms with Crippen LogP contribution in [0.3, 0.4) is 0 Å². The van der Waals surface area contributed by atoms with Crippen molar-refractivity contribution in [3.8, 4) is 0 Å². The van der Waals surface area contributed by atoms with Gasteiger partial charge in [0.15, 0.2) is 0 Å². The minimum Gasteiger partial charge on any atom is -0.334 e. The van der Waals surface area contributed by atoms with Crippen LogP contribution in [0.4, 0.5) is 4.79 Å². The maximum absolute atomic E-state index is 10.7. The monoisotopic (exact) mass is 126 g/mol. The maximum Gasteiger partial charge on any atom is 0.321 e. The van der Waals surface area contributed by atoms with Crippen molar-refractivity contribution in [1.29, 1.82) is 0 Å². The number of nitrogens with one attached hydrogen (secondary N) is 1. The molecule has 0 atom stereocenters. The number of nitrogens with zero attached hydrogens (tertiary/aromatic N) is 1. The Morgan fingerprint density at radius 1 is 1.78 bits per heavy atom. The summed E-state index contributed by atoms with van der Waals surface area (Å²) in [5.41, 5.74) is 1.18. The molecule has 0 aromatic heterocycles. The first-order valence-corrected chi connectivity index (χ1v) is 2.88. The van der Waals surface area contributed by atoms with E-state index < -0.39 is 0 Å². The molecular weight excluding hydrogens is 116 g/mol. The highest BCUT2D eigenvalue weighted by atomic mass is 16.2. The lowest BCUT2D eigenvalue weighted by atomic mass is 10.3. The van der Waals surface area contributed by atoms with E-state index in [1.807, 2.05) is 13.1 Å². The van der Waals surface area contributed by atoms with Gasteiger partial charge in [0.2, 0.25) is 0 Å². The molecule has 1 heterocycles. The SMILES string of the molecule is CC1=CN(C)C(=O)NC1. The Morgan fingerprint density at radius 2 is 2.44 bits per heavy atom. The molecule has 1 N–H and O–H groups in total. The molecule has 0 fully saturated rings. The van der Waals surface area contributed by atoms with Gasteiger partial charge in [-0.15, -0.1) is 0 Å². The molecule has 2 amide bonds. The summed E-state index contributed by atoms with van der Waals surface area (Å²) >= 11 is 0. The second-order valence-electron chi connectivity index (χ2n) is 2.25. The van der Waals surface area contributed by atoms with Gasteiger partial charge in [0.1, 0.15) is 0 Å². The quantitative estimate of drug-likeness (QED) is 0.505. The predicted octanol–water partition coefficient (Wildman–Crippen LogP) is 0.545. The van der Waals surface area contributed by atoms with Crippen LogP contribution in [0.5, 0.6) is 0 Å². The molecule has 0 radical (unpaired) electrons. The Labute approximate surface area is 54.3 Å². The van der Waals surface area contributed by atoms with Gasteiger partial charge in [-0.2, -0.15) is 0 Å². The molecule has 1 aliphatic heterocycles. The van der Waals surface area contributed by atoms with E-state index in [0.29, 0.717) is 6.54 Å². The molecule has 0 saturated heterocycles. The molecule has 0 saturated carbocycles. The van der Waals surface area contributed by atoms with Crippen molar-refractivity contribution in [2.24, 2.45) is 0 Å². The fourth-order valence-electron chi connectivity index (χ4n) is 0.775. The summed E-state index contributed by atoms with van der Waals surface area (Å²) in [6.07, 6.45) is 1.83. The van der Waals surface area contributed by atoms with E-state index in [2.05, 4.69) is 5.32 Å². The van der Waals surface area contributed by atoms with E-state index in [0.717, 1.165) is 0 Å².